The molecule has 0 amide bonds. The van der Waals surface area contributed by atoms with Crippen LogP contribution in [0.5, 0.6) is 0 Å². The van der Waals surface area contributed by atoms with Gasteiger partial charge >= 0.3 is 0 Å². The Morgan fingerprint density at radius 1 is 1.35 bits per heavy atom. The maximum absolute atomic E-state index is 11.8. The molecular formula is C13H24F2O2. The molecular weight excluding hydrogens is 226 g/mol. The van der Waals surface area contributed by atoms with E-state index in [0.29, 0.717) is 12.3 Å². The quantitative estimate of drug-likeness (QED) is 0.703. The van der Waals surface area contributed by atoms with Gasteiger partial charge in [-0.1, -0.05) is 26.2 Å². The molecule has 1 N–H and O–H groups in total. The standard InChI is InChI=1S/C13H24F2O2/c1-2-10-4-3-5-11(8-10)12(16)6-7-17-9-13(14)15/h10-13,16H,2-9H2,1H3. The summed E-state index contributed by atoms with van der Waals surface area (Å²) in [5, 5.41) is 9.98. The number of aliphatic hydroxyl groups excluding tert-OH is 1. The summed E-state index contributed by atoms with van der Waals surface area (Å²) in [6.07, 6.45) is 3.44. The first kappa shape index (κ1) is 14.8. The summed E-state index contributed by atoms with van der Waals surface area (Å²) in [6.45, 7) is 1.90. The van der Waals surface area contributed by atoms with E-state index in [2.05, 4.69) is 6.92 Å². The number of rotatable bonds is 7. The van der Waals surface area contributed by atoms with E-state index in [0.717, 1.165) is 18.8 Å². The highest BCUT2D eigenvalue weighted by Gasteiger charge is 2.26. The van der Waals surface area contributed by atoms with Gasteiger partial charge in [-0.05, 0) is 31.1 Å². The minimum absolute atomic E-state index is 0.235. The SMILES string of the molecule is CCC1CCCC(C(O)CCOCC(F)F)C1. The van der Waals surface area contributed by atoms with Crippen LogP contribution in [-0.4, -0.2) is 30.8 Å². The third kappa shape index (κ3) is 5.77. The summed E-state index contributed by atoms with van der Waals surface area (Å²) in [5.74, 6) is 1.06. The Labute approximate surface area is 102 Å². The first-order chi connectivity index (χ1) is 8.13. The van der Waals surface area contributed by atoms with Crippen LogP contribution in [0.2, 0.25) is 0 Å². The van der Waals surface area contributed by atoms with Gasteiger partial charge in [0.2, 0.25) is 0 Å². The van der Waals surface area contributed by atoms with Gasteiger partial charge in [0.1, 0.15) is 6.61 Å². The maximum atomic E-state index is 11.8. The van der Waals surface area contributed by atoms with Gasteiger partial charge in [0.05, 0.1) is 6.10 Å². The van der Waals surface area contributed by atoms with Crippen LogP contribution in [0.3, 0.4) is 0 Å². The third-order valence-electron chi connectivity index (χ3n) is 3.75. The molecule has 4 heteroatoms. The number of alkyl halides is 2. The van der Waals surface area contributed by atoms with Crippen LogP contribution < -0.4 is 0 Å². The van der Waals surface area contributed by atoms with Crippen molar-refractivity contribution in [2.24, 2.45) is 11.8 Å². The zero-order valence-electron chi connectivity index (χ0n) is 10.6. The van der Waals surface area contributed by atoms with Crippen molar-refractivity contribution in [3.05, 3.63) is 0 Å². The van der Waals surface area contributed by atoms with E-state index in [-0.39, 0.29) is 12.7 Å². The van der Waals surface area contributed by atoms with Gasteiger partial charge in [-0.25, -0.2) is 8.78 Å². The van der Waals surface area contributed by atoms with E-state index >= 15 is 0 Å². The van der Waals surface area contributed by atoms with Gasteiger partial charge in [0, 0.05) is 6.61 Å². The van der Waals surface area contributed by atoms with Crippen molar-refractivity contribution in [3.63, 3.8) is 0 Å². The van der Waals surface area contributed by atoms with Gasteiger partial charge in [-0.3, -0.25) is 0 Å². The van der Waals surface area contributed by atoms with Gasteiger partial charge in [-0.2, -0.15) is 0 Å². The Balaban J connectivity index is 2.15. The largest absolute Gasteiger partial charge is 0.393 e. The van der Waals surface area contributed by atoms with Gasteiger partial charge in [0.15, 0.2) is 0 Å². The lowest BCUT2D eigenvalue weighted by molar-refractivity contribution is -0.00876. The highest BCUT2D eigenvalue weighted by molar-refractivity contribution is 4.77. The van der Waals surface area contributed by atoms with Crippen LogP contribution in [0.25, 0.3) is 0 Å². The molecule has 1 fully saturated rings. The zero-order valence-corrected chi connectivity index (χ0v) is 10.6. The minimum Gasteiger partial charge on any atom is -0.393 e. The van der Waals surface area contributed by atoms with Crippen LogP contribution in [0, 0.1) is 11.8 Å². The Morgan fingerprint density at radius 3 is 2.76 bits per heavy atom. The number of aliphatic hydroxyl groups is 1. The lowest BCUT2D eigenvalue weighted by atomic mass is 9.77. The Bertz CT molecular complexity index is 200. The molecule has 2 nitrogen and oxygen atoms in total. The van der Waals surface area contributed by atoms with Crippen LogP contribution in [-0.2, 0) is 4.74 Å². The topological polar surface area (TPSA) is 29.5 Å². The average molecular weight is 250 g/mol. The molecule has 0 bridgehead atoms. The number of hydrogen-bond acceptors (Lipinski definition) is 2. The molecule has 1 aliphatic rings. The predicted molar refractivity (Wildman–Crippen MR) is 63.2 cm³/mol. The second kappa shape index (κ2) is 7.98. The lowest BCUT2D eigenvalue weighted by Gasteiger charge is -2.31. The third-order valence-corrected chi connectivity index (χ3v) is 3.75. The van der Waals surface area contributed by atoms with Crippen molar-refractivity contribution in [1.29, 1.82) is 0 Å². The number of hydrogen-bond donors (Lipinski definition) is 1. The van der Waals surface area contributed by atoms with Crippen molar-refractivity contribution < 1.29 is 18.6 Å². The smallest absolute Gasteiger partial charge is 0.261 e. The summed E-state index contributed by atoms with van der Waals surface area (Å²) < 4.78 is 28.4. The van der Waals surface area contributed by atoms with Gasteiger partial charge < -0.3 is 9.84 Å². The normalized spacial score (nSPS) is 27.4. The summed E-state index contributed by atoms with van der Waals surface area (Å²) >= 11 is 0. The van der Waals surface area contributed by atoms with Crippen LogP contribution >= 0.6 is 0 Å². The fourth-order valence-corrected chi connectivity index (χ4v) is 2.67. The van der Waals surface area contributed by atoms with E-state index in [9.17, 15) is 13.9 Å². The van der Waals surface area contributed by atoms with Crippen LogP contribution in [0.4, 0.5) is 8.78 Å². The minimum atomic E-state index is -2.41. The number of halogens is 2. The number of ether oxygens (including phenoxy) is 1. The molecule has 0 spiro atoms. The zero-order chi connectivity index (χ0) is 12.7. The summed E-state index contributed by atoms with van der Waals surface area (Å²) in [4.78, 5) is 0. The molecule has 0 saturated heterocycles. The fourth-order valence-electron chi connectivity index (χ4n) is 2.67. The molecule has 3 atom stereocenters. The highest BCUT2D eigenvalue weighted by Crippen LogP contribution is 2.33. The molecule has 0 aromatic carbocycles. The van der Waals surface area contributed by atoms with Crippen molar-refractivity contribution in [2.75, 3.05) is 13.2 Å². The molecule has 1 rings (SSSR count). The molecule has 0 aromatic heterocycles. The van der Waals surface area contributed by atoms with Crippen molar-refractivity contribution in [2.45, 2.75) is 58.0 Å². The average Bonchev–Trinajstić information content (AvgIpc) is 2.34. The van der Waals surface area contributed by atoms with Gasteiger partial charge in [0.25, 0.3) is 6.43 Å². The summed E-state index contributed by atoms with van der Waals surface area (Å²) in [5.41, 5.74) is 0. The van der Waals surface area contributed by atoms with Crippen molar-refractivity contribution >= 4 is 0 Å². The first-order valence-corrected chi connectivity index (χ1v) is 6.67. The van der Waals surface area contributed by atoms with Crippen LogP contribution in [0.15, 0.2) is 0 Å². The highest BCUT2D eigenvalue weighted by atomic mass is 19.3. The second-order valence-corrected chi connectivity index (χ2v) is 5.02. The van der Waals surface area contributed by atoms with Crippen molar-refractivity contribution in [3.8, 4) is 0 Å². The van der Waals surface area contributed by atoms with Crippen LogP contribution in [0.1, 0.15) is 45.4 Å². The molecule has 0 radical (unpaired) electrons. The van der Waals surface area contributed by atoms with E-state index < -0.39 is 13.0 Å². The monoisotopic (exact) mass is 250 g/mol. The maximum Gasteiger partial charge on any atom is 0.261 e. The Hall–Kier alpha value is -0.220. The molecule has 1 aliphatic carbocycles. The van der Waals surface area contributed by atoms with Crippen molar-refractivity contribution in [1.82, 2.24) is 0 Å². The molecule has 0 aromatic rings. The Kier molecular flexibility index (Phi) is 6.97. The fraction of sp³-hybridized carbons (Fsp3) is 1.00. The molecule has 3 unspecified atom stereocenters. The molecule has 1 saturated carbocycles. The second-order valence-electron chi connectivity index (χ2n) is 5.02. The van der Waals surface area contributed by atoms with E-state index in [1.807, 2.05) is 0 Å². The first-order valence-electron chi connectivity index (χ1n) is 6.67. The molecule has 17 heavy (non-hydrogen) atoms. The van der Waals surface area contributed by atoms with E-state index in [4.69, 9.17) is 4.74 Å². The van der Waals surface area contributed by atoms with E-state index in [1.165, 1.54) is 19.3 Å². The van der Waals surface area contributed by atoms with E-state index in [1.54, 1.807) is 0 Å². The predicted octanol–water partition coefficient (Wildman–Crippen LogP) is 3.24. The Morgan fingerprint density at radius 2 is 2.12 bits per heavy atom. The molecule has 0 aliphatic heterocycles. The summed E-state index contributed by atoms with van der Waals surface area (Å²) in [6, 6.07) is 0. The summed E-state index contributed by atoms with van der Waals surface area (Å²) in [7, 11) is 0. The van der Waals surface area contributed by atoms with Gasteiger partial charge in [-0.15, -0.1) is 0 Å². The molecule has 0 heterocycles. The molecule has 102 valence electrons. The lowest BCUT2D eigenvalue weighted by Crippen LogP contribution is -2.27.